The van der Waals surface area contributed by atoms with Crippen molar-refractivity contribution in [2.75, 3.05) is 31.6 Å². The summed E-state index contributed by atoms with van der Waals surface area (Å²) in [6.07, 6.45) is 2.70. The highest BCUT2D eigenvalue weighted by atomic mass is 16.5. The Morgan fingerprint density at radius 2 is 2.00 bits per heavy atom. The number of para-hydroxylation sites is 1. The van der Waals surface area contributed by atoms with E-state index in [-0.39, 0.29) is 5.91 Å². The highest BCUT2D eigenvalue weighted by Crippen LogP contribution is 2.26. The predicted octanol–water partition coefficient (Wildman–Crippen LogP) is 3.42. The van der Waals surface area contributed by atoms with Crippen molar-refractivity contribution in [2.45, 2.75) is 32.3 Å². The van der Waals surface area contributed by atoms with Crippen molar-refractivity contribution in [1.29, 1.82) is 0 Å². The van der Waals surface area contributed by atoms with Crippen LogP contribution in [-0.4, -0.2) is 38.8 Å². The van der Waals surface area contributed by atoms with Gasteiger partial charge in [0.15, 0.2) is 6.10 Å². The van der Waals surface area contributed by atoms with Crippen LogP contribution in [0.1, 0.15) is 25.3 Å². The molecule has 2 aromatic rings. The zero-order chi connectivity index (χ0) is 19.1. The summed E-state index contributed by atoms with van der Waals surface area (Å²) in [5, 5.41) is 2.97. The molecule has 5 heteroatoms. The van der Waals surface area contributed by atoms with Crippen LogP contribution >= 0.6 is 0 Å². The summed E-state index contributed by atoms with van der Waals surface area (Å²) in [5.74, 6) is 1.24. The lowest BCUT2D eigenvalue weighted by Crippen LogP contribution is -2.38. The first-order valence-electron chi connectivity index (χ1n) is 9.58. The van der Waals surface area contributed by atoms with Gasteiger partial charge in [-0.3, -0.25) is 4.79 Å². The molecule has 0 aromatic heterocycles. The maximum atomic E-state index is 12.3. The normalized spacial score (nSPS) is 14.2. The molecule has 0 saturated carbocycles. The first-order chi connectivity index (χ1) is 13.2. The second-order valence-electron chi connectivity index (χ2n) is 6.80. The molecule has 2 aromatic carbocycles. The molecule has 1 heterocycles. The molecule has 0 fully saturated rings. The third kappa shape index (κ3) is 5.16. The van der Waals surface area contributed by atoms with Crippen LogP contribution in [0.25, 0.3) is 0 Å². The molecule has 144 valence electrons. The van der Waals surface area contributed by atoms with Crippen LogP contribution in [0.3, 0.4) is 0 Å². The minimum atomic E-state index is -0.548. The first-order valence-corrected chi connectivity index (χ1v) is 9.58. The predicted molar refractivity (Wildman–Crippen MR) is 108 cm³/mol. The Kier molecular flexibility index (Phi) is 6.58. The van der Waals surface area contributed by atoms with E-state index in [0.717, 1.165) is 25.9 Å². The molecule has 1 aliphatic rings. The number of anilines is 1. The van der Waals surface area contributed by atoms with Gasteiger partial charge in [0.05, 0.1) is 7.11 Å². The molecule has 1 aliphatic heterocycles. The Labute approximate surface area is 161 Å². The molecular formula is C22H28N2O3. The molecule has 3 rings (SSSR count). The van der Waals surface area contributed by atoms with Gasteiger partial charge in [-0.15, -0.1) is 0 Å². The highest BCUT2D eigenvalue weighted by molar-refractivity contribution is 5.80. The quantitative estimate of drug-likeness (QED) is 0.726. The average molecular weight is 368 g/mol. The Bertz CT molecular complexity index is 763. The van der Waals surface area contributed by atoms with Crippen LogP contribution in [0.2, 0.25) is 0 Å². The molecule has 5 nitrogen and oxygen atoms in total. The fourth-order valence-electron chi connectivity index (χ4n) is 3.40. The van der Waals surface area contributed by atoms with Crippen molar-refractivity contribution in [3.05, 3.63) is 54.1 Å². The van der Waals surface area contributed by atoms with Gasteiger partial charge in [-0.25, -0.2) is 0 Å². The van der Waals surface area contributed by atoms with Gasteiger partial charge in [0.1, 0.15) is 11.5 Å². The van der Waals surface area contributed by atoms with E-state index >= 15 is 0 Å². The van der Waals surface area contributed by atoms with Crippen LogP contribution in [0.5, 0.6) is 11.5 Å². The van der Waals surface area contributed by atoms with Crippen LogP contribution < -0.4 is 19.7 Å². The summed E-state index contributed by atoms with van der Waals surface area (Å²) in [6, 6.07) is 15.9. The number of nitrogens with zero attached hydrogens (tertiary/aromatic N) is 1. The number of carbonyl (C=O) groups excluding carboxylic acids is 1. The van der Waals surface area contributed by atoms with Crippen LogP contribution in [0.15, 0.2) is 48.5 Å². The van der Waals surface area contributed by atoms with E-state index in [4.69, 9.17) is 9.47 Å². The van der Waals surface area contributed by atoms with Crippen molar-refractivity contribution >= 4 is 11.6 Å². The van der Waals surface area contributed by atoms with Gasteiger partial charge in [-0.1, -0.05) is 24.3 Å². The number of benzene rings is 2. The molecular weight excluding hydrogens is 340 g/mol. The summed E-state index contributed by atoms with van der Waals surface area (Å²) < 4.78 is 10.9. The van der Waals surface area contributed by atoms with Crippen molar-refractivity contribution in [3.63, 3.8) is 0 Å². The fourth-order valence-corrected chi connectivity index (χ4v) is 3.40. The Morgan fingerprint density at radius 1 is 1.19 bits per heavy atom. The largest absolute Gasteiger partial charge is 0.497 e. The van der Waals surface area contributed by atoms with Gasteiger partial charge in [0.25, 0.3) is 5.91 Å². The summed E-state index contributed by atoms with van der Waals surface area (Å²) >= 11 is 0. The maximum Gasteiger partial charge on any atom is 0.260 e. The molecule has 0 unspecified atom stereocenters. The number of rotatable bonds is 8. The second kappa shape index (κ2) is 9.31. The number of nitrogens with one attached hydrogen (secondary N) is 1. The van der Waals surface area contributed by atoms with Crippen LogP contribution in [0.4, 0.5) is 5.69 Å². The monoisotopic (exact) mass is 368 g/mol. The Morgan fingerprint density at radius 3 is 2.85 bits per heavy atom. The van der Waals surface area contributed by atoms with Gasteiger partial charge in [-0.05, 0) is 49.9 Å². The number of amides is 1. The van der Waals surface area contributed by atoms with Crippen molar-refractivity contribution in [2.24, 2.45) is 0 Å². The lowest BCUT2D eigenvalue weighted by Gasteiger charge is -2.31. The van der Waals surface area contributed by atoms with E-state index in [2.05, 4.69) is 34.5 Å². The fraction of sp³-hybridized carbons (Fsp3) is 0.409. The molecule has 1 N–H and O–H groups in total. The molecule has 1 amide bonds. The Balaban J connectivity index is 1.42. The zero-order valence-corrected chi connectivity index (χ0v) is 16.1. The molecule has 0 radical (unpaired) electrons. The number of hydrogen-bond donors (Lipinski definition) is 1. The van der Waals surface area contributed by atoms with Crippen molar-refractivity contribution in [1.82, 2.24) is 5.32 Å². The molecule has 1 atom stereocenters. The van der Waals surface area contributed by atoms with Crippen molar-refractivity contribution < 1.29 is 14.3 Å². The number of carbonyl (C=O) groups is 1. The van der Waals surface area contributed by atoms with E-state index in [1.807, 2.05) is 18.2 Å². The van der Waals surface area contributed by atoms with Gasteiger partial charge >= 0.3 is 0 Å². The third-order valence-corrected chi connectivity index (χ3v) is 4.83. The number of fused-ring (bicyclic) bond motifs is 1. The average Bonchev–Trinajstić information content (AvgIpc) is 2.71. The number of methoxy groups -OCH3 is 1. The maximum absolute atomic E-state index is 12.3. The minimum absolute atomic E-state index is 0.100. The van der Waals surface area contributed by atoms with E-state index in [1.165, 1.54) is 17.7 Å². The topological polar surface area (TPSA) is 50.8 Å². The van der Waals surface area contributed by atoms with E-state index in [1.54, 1.807) is 20.1 Å². The highest BCUT2D eigenvalue weighted by Gasteiger charge is 2.17. The molecule has 0 spiro atoms. The lowest BCUT2D eigenvalue weighted by atomic mass is 10.0. The standard InChI is InChI=1S/C22H28N2O3/c1-17(27-20-11-5-10-19(16-20)26-2)22(25)23-13-7-15-24-14-6-9-18-8-3-4-12-21(18)24/h3-5,8,10-12,16-17H,6-7,9,13-15H2,1-2H3,(H,23,25)/t17-/m0/s1. The zero-order valence-electron chi connectivity index (χ0n) is 16.1. The smallest absolute Gasteiger partial charge is 0.260 e. The number of ether oxygens (including phenoxy) is 2. The van der Waals surface area contributed by atoms with Crippen molar-refractivity contribution in [3.8, 4) is 11.5 Å². The summed E-state index contributed by atoms with van der Waals surface area (Å²) in [7, 11) is 1.61. The number of aryl methyl sites for hydroxylation is 1. The lowest BCUT2D eigenvalue weighted by molar-refractivity contribution is -0.127. The van der Waals surface area contributed by atoms with Gasteiger partial charge in [-0.2, -0.15) is 0 Å². The van der Waals surface area contributed by atoms with Crippen LogP contribution in [-0.2, 0) is 11.2 Å². The van der Waals surface area contributed by atoms with Gasteiger partial charge < -0.3 is 19.7 Å². The molecule has 0 bridgehead atoms. The Hall–Kier alpha value is -2.69. The molecule has 0 aliphatic carbocycles. The number of hydrogen-bond acceptors (Lipinski definition) is 4. The summed E-state index contributed by atoms with van der Waals surface area (Å²) in [4.78, 5) is 14.7. The SMILES string of the molecule is COc1cccc(O[C@@H](C)C(=O)NCCCN2CCCc3ccccc32)c1. The van der Waals surface area contributed by atoms with Gasteiger partial charge in [0.2, 0.25) is 0 Å². The summed E-state index contributed by atoms with van der Waals surface area (Å²) in [6.45, 7) is 4.43. The second-order valence-corrected chi connectivity index (χ2v) is 6.80. The summed E-state index contributed by atoms with van der Waals surface area (Å²) in [5.41, 5.74) is 2.76. The first kappa shape index (κ1) is 19.1. The molecule has 0 saturated heterocycles. The van der Waals surface area contributed by atoms with Gasteiger partial charge in [0, 0.05) is 31.4 Å². The van der Waals surface area contributed by atoms with Crippen LogP contribution in [0, 0.1) is 0 Å². The molecule has 27 heavy (non-hydrogen) atoms. The third-order valence-electron chi connectivity index (χ3n) is 4.83. The minimum Gasteiger partial charge on any atom is -0.497 e. The van der Waals surface area contributed by atoms with E-state index in [9.17, 15) is 4.79 Å². The van der Waals surface area contributed by atoms with E-state index < -0.39 is 6.10 Å². The van der Waals surface area contributed by atoms with E-state index in [0.29, 0.717) is 18.0 Å².